The summed E-state index contributed by atoms with van der Waals surface area (Å²) < 4.78 is 14.0. The lowest BCUT2D eigenvalue weighted by atomic mass is 9.96. The molecule has 2 N–H and O–H groups in total. The first-order chi connectivity index (χ1) is 16.9. The predicted octanol–water partition coefficient (Wildman–Crippen LogP) is 4.60. The molecule has 4 heterocycles. The molecule has 2 unspecified atom stereocenters. The van der Waals surface area contributed by atoms with E-state index in [9.17, 15) is 9.50 Å². The summed E-state index contributed by atoms with van der Waals surface area (Å²) in [6.45, 7) is 7.22. The average molecular weight is 497 g/mol. The van der Waals surface area contributed by atoms with Crippen LogP contribution in [0.25, 0.3) is 10.9 Å². The van der Waals surface area contributed by atoms with Gasteiger partial charge in [-0.3, -0.25) is 0 Å². The van der Waals surface area contributed by atoms with Crippen LogP contribution in [0.3, 0.4) is 0 Å². The van der Waals surface area contributed by atoms with Gasteiger partial charge in [-0.1, -0.05) is 19.9 Å². The lowest BCUT2D eigenvalue weighted by Gasteiger charge is -2.41. The van der Waals surface area contributed by atoms with E-state index in [1.807, 2.05) is 35.0 Å². The number of fused-ring (bicyclic) bond motifs is 1. The van der Waals surface area contributed by atoms with Gasteiger partial charge in [0.15, 0.2) is 0 Å². The molecule has 1 aromatic carbocycles. The third-order valence-electron chi connectivity index (χ3n) is 6.91. The zero-order chi connectivity index (χ0) is 24.5. The number of hydrogen-bond donors (Lipinski definition) is 2. The standard InChI is InChI=1S/C26H33FN6OS/c1-16(2)19-4-5-22(33-12-17(13-33)15-35-3)20-11-29-26(31-25(19)20)30-18-6-8-28-24(10-18)32-9-7-23(34)21(27)14-32/h4-6,8,10-11,16-17,21,23,34H,7,9,12-15H2,1-3H3,(H,28,29,30,31). The van der Waals surface area contributed by atoms with E-state index in [2.05, 4.69) is 52.4 Å². The summed E-state index contributed by atoms with van der Waals surface area (Å²) in [6, 6.07) is 8.15. The van der Waals surface area contributed by atoms with E-state index in [4.69, 9.17) is 4.98 Å². The number of alkyl halides is 1. The highest BCUT2D eigenvalue weighted by molar-refractivity contribution is 7.98. The molecule has 2 atom stereocenters. The van der Waals surface area contributed by atoms with Gasteiger partial charge < -0.3 is 20.2 Å². The van der Waals surface area contributed by atoms with Crippen LogP contribution in [-0.2, 0) is 0 Å². The van der Waals surface area contributed by atoms with Crippen molar-refractivity contribution in [2.45, 2.75) is 38.5 Å². The highest BCUT2D eigenvalue weighted by Crippen LogP contribution is 2.36. The van der Waals surface area contributed by atoms with E-state index in [0.717, 1.165) is 35.6 Å². The molecule has 0 aliphatic carbocycles. The quantitative estimate of drug-likeness (QED) is 0.492. The summed E-state index contributed by atoms with van der Waals surface area (Å²) in [4.78, 5) is 18.3. The first-order valence-electron chi connectivity index (χ1n) is 12.3. The summed E-state index contributed by atoms with van der Waals surface area (Å²) in [5, 5.41) is 14.1. The molecule has 3 aromatic rings. The smallest absolute Gasteiger partial charge is 0.227 e. The Bertz CT molecular complexity index is 1190. The van der Waals surface area contributed by atoms with Gasteiger partial charge in [0.05, 0.1) is 18.2 Å². The number of aliphatic hydroxyl groups is 1. The molecule has 2 aliphatic heterocycles. The fraction of sp³-hybridized carbons (Fsp3) is 0.500. The first-order valence-corrected chi connectivity index (χ1v) is 13.7. The molecule has 7 nitrogen and oxygen atoms in total. The van der Waals surface area contributed by atoms with Gasteiger partial charge in [0.2, 0.25) is 5.95 Å². The van der Waals surface area contributed by atoms with Crippen LogP contribution >= 0.6 is 11.8 Å². The van der Waals surface area contributed by atoms with Crippen molar-refractivity contribution in [3.63, 3.8) is 0 Å². The fourth-order valence-corrected chi connectivity index (χ4v) is 5.62. The Kier molecular flexibility index (Phi) is 6.98. The molecule has 0 spiro atoms. The van der Waals surface area contributed by atoms with Gasteiger partial charge in [-0.2, -0.15) is 11.8 Å². The van der Waals surface area contributed by atoms with Gasteiger partial charge in [0.25, 0.3) is 0 Å². The van der Waals surface area contributed by atoms with E-state index >= 15 is 0 Å². The number of benzene rings is 1. The molecule has 35 heavy (non-hydrogen) atoms. The summed E-state index contributed by atoms with van der Waals surface area (Å²) >= 11 is 1.91. The molecule has 2 saturated heterocycles. The molecule has 186 valence electrons. The zero-order valence-corrected chi connectivity index (χ0v) is 21.3. The summed E-state index contributed by atoms with van der Waals surface area (Å²) in [7, 11) is 0. The van der Waals surface area contributed by atoms with Gasteiger partial charge in [0, 0.05) is 60.8 Å². The fourth-order valence-electron chi connectivity index (χ4n) is 4.94. The number of piperidine rings is 1. The van der Waals surface area contributed by atoms with E-state index in [1.54, 1.807) is 6.20 Å². The van der Waals surface area contributed by atoms with Gasteiger partial charge in [-0.05, 0) is 42.0 Å². The SMILES string of the molecule is CSCC1CN(c2ccc(C(C)C)c3nc(Nc4ccnc(N5CCC(O)C(F)C5)c4)ncc23)C1. The number of anilines is 4. The molecule has 9 heteroatoms. The molecule has 0 amide bonds. The summed E-state index contributed by atoms with van der Waals surface area (Å²) in [5.41, 5.74) is 4.17. The highest BCUT2D eigenvalue weighted by Gasteiger charge is 2.29. The van der Waals surface area contributed by atoms with Crippen molar-refractivity contribution in [3.8, 4) is 0 Å². The van der Waals surface area contributed by atoms with Crippen LogP contribution < -0.4 is 15.1 Å². The Morgan fingerprint density at radius 2 is 2.00 bits per heavy atom. The maximum atomic E-state index is 14.0. The van der Waals surface area contributed by atoms with Gasteiger partial charge in [-0.25, -0.2) is 19.3 Å². The molecular weight excluding hydrogens is 463 g/mol. The number of rotatable bonds is 7. The summed E-state index contributed by atoms with van der Waals surface area (Å²) in [6.07, 6.45) is 4.02. The Hall–Kier alpha value is -2.65. The van der Waals surface area contributed by atoms with Gasteiger partial charge in [-0.15, -0.1) is 0 Å². The number of pyridine rings is 1. The third-order valence-corrected chi connectivity index (χ3v) is 7.72. The Labute approximate surface area is 210 Å². The maximum absolute atomic E-state index is 14.0. The molecule has 0 bridgehead atoms. The minimum absolute atomic E-state index is 0.138. The van der Waals surface area contributed by atoms with Crippen LogP contribution in [0.5, 0.6) is 0 Å². The molecule has 2 aliphatic rings. The minimum Gasteiger partial charge on any atom is -0.390 e. The van der Waals surface area contributed by atoms with Crippen molar-refractivity contribution in [2.75, 3.05) is 53.3 Å². The molecular formula is C26H33FN6OS. The van der Waals surface area contributed by atoms with E-state index < -0.39 is 12.3 Å². The monoisotopic (exact) mass is 496 g/mol. The maximum Gasteiger partial charge on any atom is 0.227 e. The van der Waals surface area contributed by atoms with Crippen LogP contribution in [0.1, 0.15) is 31.7 Å². The minimum atomic E-state index is -1.27. The average Bonchev–Trinajstić information content (AvgIpc) is 2.82. The van der Waals surface area contributed by atoms with Crippen LogP contribution in [0.2, 0.25) is 0 Å². The van der Waals surface area contributed by atoms with Crippen LogP contribution in [0, 0.1) is 5.92 Å². The normalized spacial score (nSPS) is 21.0. The van der Waals surface area contributed by atoms with Crippen molar-refractivity contribution in [3.05, 3.63) is 42.2 Å². The van der Waals surface area contributed by atoms with E-state index in [1.165, 1.54) is 17.0 Å². The van der Waals surface area contributed by atoms with Crippen LogP contribution in [0.4, 0.5) is 27.5 Å². The molecule has 0 saturated carbocycles. The van der Waals surface area contributed by atoms with Crippen molar-refractivity contribution >= 4 is 45.8 Å². The van der Waals surface area contributed by atoms with Crippen molar-refractivity contribution < 1.29 is 9.50 Å². The second-order valence-corrected chi connectivity index (χ2v) is 10.8. The van der Waals surface area contributed by atoms with Crippen molar-refractivity contribution in [1.29, 1.82) is 0 Å². The van der Waals surface area contributed by atoms with Crippen LogP contribution in [-0.4, -0.2) is 70.5 Å². The predicted molar refractivity (Wildman–Crippen MR) is 143 cm³/mol. The lowest BCUT2D eigenvalue weighted by molar-refractivity contribution is 0.0614. The van der Waals surface area contributed by atoms with Crippen molar-refractivity contribution in [1.82, 2.24) is 15.0 Å². The van der Waals surface area contributed by atoms with Gasteiger partial charge >= 0.3 is 0 Å². The number of nitrogens with zero attached hydrogens (tertiary/aromatic N) is 5. The highest BCUT2D eigenvalue weighted by atomic mass is 32.2. The largest absolute Gasteiger partial charge is 0.390 e. The molecule has 2 aromatic heterocycles. The number of nitrogens with one attached hydrogen (secondary N) is 1. The lowest BCUT2D eigenvalue weighted by Crippen LogP contribution is -2.48. The second kappa shape index (κ2) is 10.1. The number of thioether (sulfide) groups is 1. The zero-order valence-electron chi connectivity index (χ0n) is 20.5. The third kappa shape index (κ3) is 5.02. The topological polar surface area (TPSA) is 77.4 Å². The number of aliphatic hydroxyl groups excluding tert-OH is 1. The Morgan fingerprint density at radius 3 is 2.74 bits per heavy atom. The summed E-state index contributed by atoms with van der Waals surface area (Å²) in [5.74, 6) is 3.47. The van der Waals surface area contributed by atoms with Crippen molar-refractivity contribution in [2.24, 2.45) is 5.92 Å². The van der Waals surface area contributed by atoms with E-state index in [0.29, 0.717) is 30.6 Å². The van der Waals surface area contributed by atoms with Gasteiger partial charge in [0.1, 0.15) is 12.0 Å². The number of hydrogen-bond acceptors (Lipinski definition) is 8. The molecule has 2 fully saturated rings. The van der Waals surface area contributed by atoms with E-state index in [-0.39, 0.29) is 6.54 Å². The molecule has 5 rings (SSSR count). The number of aromatic nitrogens is 3. The Balaban J connectivity index is 1.40. The Morgan fingerprint density at radius 1 is 1.17 bits per heavy atom. The number of halogens is 1. The first kappa shape index (κ1) is 24.1. The second-order valence-electron chi connectivity index (χ2n) is 9.86. The van der Waals surface area contributed by atoms with Crippen LogP contribution in [0.15, 0.2) is 36.7 Å². The molecule has 0 radical (unpaired) electrons.